The Balaban J connectivity index is 2.01. The number of aromatic nitrogens is 1. The first-order valence-electron chi connectivity index (χ1n) is 7.65. The summed E-state index contributed by atoms with van der Waals surface area (Å²) in [5.74, 6) is -1.16. The molecule has 1 aromatic carbocycles. The van der Waals surface area contributed by atoms with Gasteiger partial charge < -0.3 is 10.4 Å². The number of amides is 1. The third-order valence-electron chi connectivity index (χ3n) is 4.26. The summed E-state index contributed by atoms with van der Waals surface area (Å²) in [5, 5.41) is 11.9. The van der Waals surface area contributed by atoms with Crippen molar-refractivity contribution in [2.45, 2.75) is 31.0 Å². The molecule has 1 aliphatic rings. The monoisotopic (exact) mass is 404 g/mol. The van der Waals surface area contributed by atoms with Crippen molar-refractivity contribution >= 4 is 34.8 Å². The molecule has 0 spiro atoms. The lowest BCUT2D eigenvalue weighted by atomic mass is 9.81. The van der Waals surface area contributed by atoms with Crippen LogP contribution in [0.2, 0.25) is 10.0 Å². The first kappa shape index (κ1) is 18.9. The highest BCUT2D eigenvalue weighted by Gasteiger charge is 2.47. The normalized spacial score (nSPS) is 22.2. The number of carbonyl (C=O) groups excluding carboxylic acids is 1. The highest BCUT2D eigenvalue weighted by molar-refractivity contribution is 6.37. The minimum Gasteiger partial charge on any atom is -0.387 e. The Bertz CT molecular complexity index is 866. The number of benzene rings is 1. The van der Waals surface area contributed by atoms with E-state index in [-0.39, 0.29) is 34.1 Å². The van der Waals surface area contributed by atoms with Crippen LogP contribution >= 0.6 is 23.2 Å². The Morgan fingerprint density at radius 3 is 2.81 bits per heavy atom. The molecular formula is C17H13Cl2F3N2O2. The van der Waals surface area contributed by atoms with E-state index in [0.717, 1.165) is 6.07 Å². The van der Waals surface area contributed by atoms with Gasteiger partial charge in [-0.1, -0.05) is 29.3 Å². The van der Waals surface area contributed by atoms with Crippen molar-refractivity contribution in [1.29, 1.82) is 0 Å². The number of hydrogen-bond acceptors (Lipinski definition) is 3. The summed E-state index contributed by atoms with van der Waals surface area (Å²) in [6.45, 7) is 0. The summed E-state index contributed by atoms with van der Waals surface area (Å²) in [5.41, 5.74) is -3.59. The molecule has 2 N–H and O–H groups in total. The van der Waals surface area contributed by atoms with Gasteiger partial charge in [-0.3, -0.25) is 9.78 Å². The summed E-state index contributed by atoms with van der Waals surface area (Å²) in [6, 6.07) is 4.90. The average molecular weight is 405 g/mol. The number of nitrogens with zero attached hydrogens (tertiary/aromatic N) is 1. The molecule has 138 valence electrons. The summed E-state index contributed by atoms with van der Waals surface area (Å²) in [6.07, 6.45) is -2.97. The first-order chi connectivity index (χ1) is 12.2. The van der Waals surface area contributed by atoms with E-state index in [0.29, 0.717) is 0 Å². The van der Waals surface area contributed by atoms with E-state index in [1.807, 2.05) is 0 Å². The van der Waals surface area contributed by atoms with Crippen molar-refractivity contribution in [2.24, 2.45) is 0 Å². The SMILES string of the molecule is O=C(Nc1c(Cl)cc(Cl)cc1C(F)F)[C@]1(F)CC[C@H](O)c2ncccc21. The second-order valence-electron chi connectivity index (χ2n) is 5.90. The minimum atomic E-state index is -2.97. The third-order valence-corrected chi connectivity index (χ3v) is 4.78. The van der Waals surface area contributed by atoms with E-state index in [1.165, 1.54) is 24.4 Å². The van der Waals surface area contributed by atoms with E-state index >= 15 is 4.39 Å². The molecule has 1 heterocycles. The van der Waals surface area contributed by atoms with Gasteiger partial charge in [0, 0.05) is 22.3 Å². The van der Waals surface area contributed by atoms with Crippen molar-refractivity contribution in [2.75, 3.05) is 5.32 Å². The van der Waals surface area contributed by atoms with Crippen molar-refractivity contribution in [3.8, 4) is 0 Å². The molecular weight excluding hydrogens is 392 g/mol. The number of carbonyl (C=O) groups is 1. The zero-order valence-electron chi connectivity index (χ0n) is 13.1. The second kappa shape index (κ2) is 7.06. The van der Waals surface area contributed by atoms with Crippen molar-refractivity contribution < 1.29 is 23.1 Å². The Morgan fingerprint density at radius 2 is 2.12 bits per heavy atom. The van der Waals surface area contributed by atoms with Crippen LogP contribution in [0.15, 0.2) is 30.5 Å². The molecule has 0 unspecified atom stereocenters. The van der Waals surface area contributed by atoms with Crippen molar-refractivity contribution in [1.82, 2.24) is 4.98 Å². The van der Waals surface area contributed by atoms with Gasteiger partial charge in [0.2, 0.25) is 5.67 Å². The van der Waals surface area contributed by atoms with Crippen LogP contribution in [0, 0.1) is 0 Å². The molecule has 0 saturated carbocycles. The van der Waals surface area contributed by atoms with Gasteiger partial charge in [-0.25, -0.2) is 13.2 Å². The van der Waals surface area contributed by atoms with E-state index < -0.39 is 35.4 Å². The molecule has 0 bridgehead atoms. The van der Waals surface area contributed by atoms with Gasteiger partial charge in [0.15, 0.2) is 0 Å². The number of hydrogen-bond donors (Lipinski definition) is 2. The fraction of sp³-hybridized carbons (Fsp3) is 0.294. The van der Waals surface area contributed by atoms with Gasteiger partial charge in [-0.15, -0.1) is 0 Å². The molecule has 0 radical (unpaired) electrons. The van der Waals surface area contributed by atoms with Gasteiger partial charge in [-0.05, 0) is 31.0 Å². The Labute approximate surface area is 157 Å². The van der Waals surface area contributed by atoms with E-state index in [2.05, 4.69) is 10.3 Å². The van der Waals surface area contributed by atoms with E-state index in [4.69, 9.17) is 23.2 Å². The smallest absolute Gasteiger partial charge is 0.266 e. The van der Waals surface area contributed by atoms with Gasteiger partial charge in [0.1, 0.15) is 0 Å². The summed E-state index contributed by atoms with van der Waals surface area (Å²) in [4.78, 5) is 16.6. The van der Waals surface area contributed by atoms with Gasteiger partial charge >= 0.3 is 0 Å². The number of halogens is 5. The number of nitrogens with one attached hydrogen (secondary N) is 1. The summed E-state index contributed by atoms with van der Waals surface area (Å²) in [7, 11) is 0. The first-order valence-corrected chi connectivity index (χ1v) is 8.40. The number of aliphatic hydroxyl groups excluding tert-OH is 1. The van der Waals surface area contributed by atoms with Crippen LogP contribution in [-0.2, 0) is 10.5 Å². The number of rotatable bonds is 3. The van der Waals surface area contributed by atoms with Crippen LogP contribution in [-0.4, -0.2) is 16.0 Å². The van der Waals surface area contributed by atoms with Gasteiger partial charge in [0.25, 0.3) is 12.3 Å². The van der Waals surface area contributed by atoms with E-state index in [9.17, 15) is 18.7 Å². The van der Waals surface area contributed by atoms with Crippen LogP contribution in [0.3, 0.4) is 0 Å². The predicted octanol–water partition coefficient (Wildman–Crippen LogP) is 4.96. The van der Waals surface area contributed by atoms with Gasteiger partial charge in [-0.2, -0.15) is 0 Å². The lowest BCUT2D eigenvalue weighted by molar-refractivity contribution is -0.129. The molecule has 1 aromatic heterocycles. The second-order valence-corrected chi connectivity index (χ2v) is 6.74. The standard InChI is InChI=1S/C17H13Cl2F3N2O2/c18-8-6-9(15(20)21)13(11(19)7-8)24-16(26)17(22)4-3-12(25)14-10(17)2-1-5-23-14/h1-2,5-7,12,15,25H,3-4H2,(H,24,26)/t12-,17-/m0/s1. The molecule has 1 amide bonds. The molecule has 0 fully saturated rings. The molecule has 1 aliphatic carbocycles. The highest BCUT2D eigenvalue weighted by Crippen LogP contribution is 2.44. The van der Waals surface area contributed by atoms with Gasteiger partial charge in [0.05, 0.1) is 22.5 Å². The van der Waals surface area contributed by atoms with Crippen LogP contribution in [0.4, 0.5) is 18.9 Å². The van der Waals surface area contributed by atoms with E-state index in [1.54, 1.807) is 0 Å². The Morgan fingerprint density at radius 1 is 1.38 bits per heavy atom. The average Bonchev–Trinajstić information content (AvgIpc) is 2.60. The number of alkyl halides is 3. The fourth-order valence-corrected chi connectivity index (χ4v) is 3.53. The maximum Gasteiger partial charge on any atom is 0.266 e. The maximum absolute atomic E-state index is 15.5. The molecule has 0 saturated heterocycles. The molecule has 26 heavy (non-hydrogen) atoms. The number of anilines is 1. The Hall–Kier alpha value is -1.83. The zero-order chi connectivity index (χ0) is 19.1. The lowest BCUT2D eigenvalue weighted by Crippen LogP contribution is -2.40. The molecule has 2 aromatic rings. The largest absolute Gasteiger partial charge is 0.387 e. The van der Waals surface area contributed by atoms with Crippen LogP contribution in [0.5, 0.6) is 0 Å². The fourth-order valence-electron chi connectivity index (χ4n) is 2.97. The highest BCUT2D eigenvalue weighted by atomic mass is 35.5. The molecule has 4 nitrogen and oxygen atoms in total. The quantitative estimate of drug-likeness (QED) is 0.759. The predicted molar refractivity (Wildman–Crippen MR) is 91.3 cm³/mol. The summed E-state index contributed by atoms with van der Waals surface area (Å²) < 4.78 is 42.1. The minimum absolute atomic E-state index is 0.0337. The summed E-state index contributed by atoms with van der Waals surface area (Å²) >= 11 is 11.6. The molecule has 9 heteroatoms. The Kier molecular flexibility index (Phi) is 5.14. The van der Waals surface area contributed by atoms with Crippen LogP contribution < -0.4 is 5.32 Å². The van der Waals surface area contributed by atoms with Crippen LogP contribution in [0.1, 0.15) is 42.2 Å². The van der Waals surface area contributed by atoms with Crippen molar-refractivity contribution in [3.63, 3.8) is 0 Å². The van der Waals surface area contributed by atoms with Crippen molar-refractivity contribution in [3.05, 3.63) is 57.3 Å². The topological polar surface area (TPSA) is 62.2 Å². The molecule has 2 atom stereocenters. The number of aliphatic hydroxyl groups is 1. The van der Waals surface area contributed by atoms with Crippen LogP contribution in [0.25, 0.3) is 0 Å². The maximum atomic E-state index is 15.5. The lowest BCUT2D eigenvalue weighted by Gasteiger charge is -2.32. The third kappa shape index (κ3) is 3.26. The molecule has 3 rings (SSSR count). The number of pyridine rings is 1. The number of fused-ring (bicyclic) bond motifs is 1. The zero-order valence-corrected chi connectivity index (χ0v) is 14.7. The molecule has 0 aliphatic heterocycles.